The maximum atomic E-state index is 11.8. The van der Waals surface area contributed by atoms with Crippen molar-refractivity contribution in [3.05, 3.63) is 0 Å². The van der Waals surface area contributed by atoms with Gasteiger partial charge in [0.25, 0.3) is 0 Å². The van der Waals surface area contributed by atoms with Gasteiger partial charge < -0.3 is 9.47 Å². The molecule has 0 aliphatic rings. The molecule has 0 saturated heterocycles. The van der Waals surface area contributed by atoms with Crippen LogP contribution in [-0.4, -0.2) is 36.2 Å². The first kappa shape index (κ1) is 20.5. The van der Waals surface area contributed by atoms with Crippen LogP contribution in [0.15, 0.2) is 0 Å². The van der Waals surface area contributed by atoms with Crippen molar-refractivity contribution < 1.29 is 19.1 Å². The van der Waals surface area contributed by atoms with Crippen LogP contribution in [0.1, 0.15) is 61.3 Å². The molecule has 2 amide bonds. The van der Waals surface area contributed by atoms with E-state index in [9.17, 15) is 9.59 Å². The third kappa shape index (κ3) is 12.3. The summed E-state index contributed by atoms with van der Waals surface area (Å²) < 4.78 is 10.3. The number of hydrogen-bond acceptors (Lipinski definition) is 5. The highest BCUT2D eigenvalue weighted by Crippen LogP contribution is 2.07. The zero-order valence-corrected chi connectivity index (χ0v) is 14.8. The van der Waals surface area contributed by atoms with E-state index in [1.54, 1.807) is 41.5 Å². The van der Waals surface area contributed by atoms with Gasteiger partial charge in [0.2, 0.25) is 0 Å². The zero-order valence-electron chi connectivity index (χ0n) is 14.8. The summed E-state index contributed by atoms with van der Waals surface area (Å²) in [6, 6.07) is 0. The second-order valence-electron chi connectivity index (χ2n) is 7.03. The molecule has 0 aromatic heterocycles. The molecule has 3 N–H and O–H groups in total. The highest BCUT2D eigenvalue weighted by atomic mass is 16.6. The van der Waals surface area contributed by atoms with E-state index in [1.165, 1.54) is 0 Å². The van der Waals surface area contributed by atoms with E-state index >= 15 is 0 Å². The van der Waals surface area contributed by atoms with E-state index in [1.807, 2.05) is 0 Å². The molecule has 7 nitrogen and oxygen atoms in total. The Morgan fingerprint density at radius 1 is 0.909 bits per heavy atom. The topological polar surface area (TPSA) is 88.7 Å². The summed E-state index contributed by atoms with van der Waals surface area (Å²) >= 11 is 0. The van der Waals surface area contributed by atoms with E-state index in [0.717, 1.165) is 12.8 Å². The third-order valence-electron chi connectivity index (χ3n) is 2.20. The van der Waals surface area contributed by atoms with Crippen LogP contribution < -0.4 is 16.0 Å². The zero-order chi connectivity index (χ0) is 17.4. The van der Waals surface area contributed by atoms with E-state index in [4.69, 9.17) is 9.47 Å². The molecule has 0 rings (SSSR count). The summed E-state index contributed by atoms with van der Waals surface area (Å²) in [5, 5.41) is 8.16. The largest absolute Gasteiger partial charge is 0.444 e. The maximum Gasteiger partial charge on any atom is 0.410 e. The fraction of sp³-hybridized carbons (Fsp3) is 0.867. The molecule has 0 fully saturated rings. The van der Waals surface area contributed by atoms with Gasteiger partial charge in [-0.1, -0.05) is 13.3 Å². The summed E-state index contributed by atoms with van der Waals surface area (Å²) in [7, 11) is 0. The van der Waals surface area contributed by atoms with Crippen LogP contribution in [0.25, 0.3) is 0 Å². The molecule has 0 heterocycles. The predicted molar refractivity (Wildman–Crippen MR) is 85.4 cm³/mol. The number of alkyl carbamates (subject to hydrolysis) is 2. The maximum absolute atomic E-state index is 11.8. The molecule has 0 saturated carbocycles. The Kier molecular flexibility index (Phi) is 8.22. The van der Waals surface area contributed by atoms with Gasteiger partial charge in [0.15, 0.2) is 6.29 Å². The second-order valence-corrected chi connectivity index (χ2v) is 7.03. The van der Waals surface area contributed by atoms with Gasteiger partial charge in [0.1, 0.15) is 11.2 Å². The number of carbonyl (C=O) groups is 2. The predicted octanol–water partition coefficient (Wildman–Crippen LogP) is 2.71. The average Bonchev–Trinajstić information content (AvgIpc) is 2.23. The first-order chi connectivity index (χ1) is 9.93. The monoisotopic (exact) mass is 317 g/mol. The highest BCUT2D eigenvalue weighted by Gasteiger charge is 2.22. The number of nitrogens with one attached hydrogen (secondary N) is 3. The molecule has 0 unspecified atom stereocenters. The van der Waals surface area contributed by atoms with Crippen molar-refractivity contribution in [2.45, 2.75) is 78.8 Å². The van der Waals surface area contributed by atoms with Gasteiger partial charge in [0.05, 0.1) is 0 Å². The Labute approximate surface area is 133 Å². The summed E-state index contributed by atoms with van der Waals surface area (Å²) in [6.07, 6.45) is -0.0625. The standard InChI is InChI=1S/C15H31N3O4/c1-8-9-10-16-11(17-12(19)21-14(2,3)4)18-13(20)22-15(5,6)7/h11,16H,8-10H2,1-7H3,(H,17,19)(H,18,20). The normalized spacial score (nSPS) is 12.0. The highest BCUT2D eigenvalue weighted by molar-refractivity contribution is 5.71. The summed E-state index contributed by atoms with van der Waals surface area (Å²) in [4.78, 5) is 23.6. The van der Waals surface area contributed by atoms with Crippen LogP contribution in [0.5, 0.6) is 0 Å². The lowest BCUT2D eigenvalue weighted by Crippen LogP contribution is -2.58. The number of carbonyl (C=O) groups excluding carboxylic acids is 2. The number of amides is 2. The second kappa shape index (κ2) is 8.82. The average molecular weight is 317 g/mol. The van der Waals surface area contributed by atoms with Gasteiger partial charge in [-0.3, -0.25) is 16.0 Å². The first-order valence-electron chi connectivity index (χ1n) is 7.65. The Hall–Kier alpha value is -1.50. The molecule has 0 spiro atoms. The number of rotatable bonds is 6. The molecular weight excluding hydrogens is 286 g/mol. The Morgan fingerprint density at radius 2 is 1.32 bits per heavy atom. The fourth-order valence-corrected chi connectivity index (χ4v) is 1.41. The van der Waals surface area contributed by atoms with Gasteiger partial charge >= 0.3 is 12.2 Å². The van der Waals surface area contributed by atoms with Crippen molar-refractivity contribution in [3.63, 3.8) is 0 Å². The third-order valence-corrected chi connectivity index (χ3v) is 2.20. The van der Waals surface area contributed by atoms with Gasteiger partial charge in [0, 0.05) is 0 Å². The number of unbranched alkanes of at least 4 members (excludes halogenated alkanes) is 1. The summed E-state index contributed by atoms with van der Waals surface area (Å²) in [6.45, 7) is 13.3. The Bertz CT molecular complexity index is 329. The lowest BCUT2D eigenvalue weighted by atomic mass is 10.2. The van der Waals surface area contributed by atoms with Crippen molar-refractivity contribution in [2.75, 3.05) is 6.54 Å². The van der Waals surface area contributed by atoms with Gasteiger partial charge in [-0.2, -0.15) is 0 Å². The van der Waals surface area contributed by atoms with Crippen LogP contribution in [0.4, 0.5) is 9.59 Å². The minimum atomic E-state index is -0.753. The van der Waals surface area contributed by atoms with Crippen molar-refractivity contribution in [3.8, 4) is 0 Å². The van der Waals surface area contributed by atoms with Crippen LogP contribution in [0.2, 0.25) is 0 Å². The molecule has 7 heteroatoms. The smallest absolute Gasteiger partial charge is 0.410 e. The first-order valence-corrected chi connectivity index (χ1v) is 7.65. The van der Waals surface area contributed by atoms with Crippen LogP contribution >= 0.6 is 0 Å². The van der Waals surface area contributed by atoms with Gasteiger partial charge in [-0.15, -0.1) is 0 Å². The Morgan fingerprint density at radius 3 is 1.64 bits per heavy atom. The van der Waals surface area contributed by atoms with Crippen molar-refractivity contribution >= 4 is 12.2 Å². The SMILES string of the molecule is CCCCNC(NC(=O)OC(C)(C)C)NC(=O)OC(C)(C)C. The minimum absolute atomic E-state index is 0.607. The Balaban J connectivity index is 4.55. The van der Waals surface area contributed by atoms with Crippen LogP contribution in [0.3, 0.4) is 0 Å². The minimum Gasteiger partial charge on any atom is -0.444 e. The van der Waals surface area contributed by atoms with Gasteiger partial charge in [-0.25, -0.2) is 9.59 Å². The van der Waals surface area contributed by atoms with E-state index < -0.39 is 29.7 Å². The van der Waals surface area contributed by atoms with Crippen LogP contribution in [0, 0.1) is 0 Å². The van der Waals surface area contributed by atoms with Crippen molar-refractivity contribution in [1.82, 2.24) is 16.0 Å². The summed E-state index contributed by atoms with van der Waals surface area (Å²) in [5.41, 5.74) is -1.21. The number of ether oxygens (including phenoxy) is 2. The summed E-state index contributed by atoms with van der Waals surface area (Å²) in [5.74, 6) is 0. The van der Waals surface area contributed by atoms with Crippen molar-refractivity contribution in [2.24, 2.45) is 0 Å². The van der Waals surface area contributed by atoms with Crippen molar-refractivity contribution in [1.29, 1.82) is 0 Å². The van der Waals surface area contributed by atoms with E-state index in [2.05, 4.69) is 22.9 Å². The molecule has 0 aromatic carbocycles. The molecule has 0 aromatic rings. The molecular formula is C15H31N3O4. The quantitative estimate of drug-likeness (QED) is 0.518. The lowest BCUT2D eigenvalue weighted by Gasteiger charge is -2.26. The van der Waals surface area contributed by atoms with Gasteiger partial charge in [-0.05, 0) is 54.5 Å². The van der Waals surface area contributed by atoms with E-state index in [-0.39, 0.29) is 0 Å². The molecule has 22 heavy (non-hydrogen) atoms. The number of hydrogen-bond donors (Lipinski definition) is 3. The molecule has 0 bridgehead atoms. The van der Waals surface area contributed by atoms with E-state index in [0.29, 0.717) is 6.54 Å². The lowest BCUT2D eigenvalue weighted by molar-refractivity contribution is 0.0406. The molecule has 0 aliphatic carbocycles. The van der Waals surface area contributed by atoms with Crippen LogP contribution in [-0.2, 0) is 9.47 Å². The molecule has 0 atom stereocenters. The fourth-order valence-electron chi connectivity index (χ4n) is 1.41. The molecule has 0 radical (unpaired) electrons. The molecule has 130 valence electrons. The molecule has 0 aliphatic heterocycles.